The first-order chi connectivity index (χ1) is 65.2. The molecule has 0 radical (unpaired) electrons. The van der Waals surface area contributed by atoms with Gasteiger partial charge in [0.05, 0.1) is 86.4 Å². The highest BCUT2D eigenvalue weighted by Crippen LogP contribution is 2.45. The summed E-state index contributed by atoms with van der Waals surface area (Å²) in [5, 5.41) is 16.2. The van der Waals surface area contributed by atoms with Gasteiger partial charge >= 0.3 is 12.1 Å². The molecule has 4 aliphatic rings. The van der Waals surface area contributed by atoms with E-state index < -0.39 is 110 Å². The van der Waals surface area contributed by atoms with Gasteiger partial charge in [-0.3, -0.25) is 0 Å². The molecule has 1 aliphatic carbocycles. The van der Waals surface area contributed by atoms with Crippen molar-refractivity contribution in [2.24, 2.45) is 0 Å². The number of hydrogen-bond donors (Lipinski definition) is 2. The number of rotatable bonds is 47. The molecule has 3 fully saturated rings. The Labute approximate surface area is 772 Å². The molecule has 0 bridgehead atoms. The highest BCUT2D eigenvalue weighted by molar-refractivity contribution is 5.82. The van der Waals surface area contributed by atoms with Crippen LogP contribution >= 0.6 is 0 Å². The van der Waals surface area contributed by atoms with E-state index in [1.54, 1.807) is 7.11 Å². The van der Waals surface area contributed by atoms with Crippen molar-refractivity contribution in [3.05, 3.63) is 413 Å². The largest absolute Gasteiger partial charge is 0.497 e. The number of alkyl carbamates (subject to hydrolysis) is 1. The molecule has 686 valence electrons. The minimum absolute atomic E-state index is 0.00938. The second-order valence-corrected chi connectivity index (χ2v) is 33.2. The second kappa shape index (κ2) is 49.3. The van der Waals surface area contributed by atoms with Crippen LogP contribution in [0.25, 0.3) is 11.1 Å². The van der Waals surface area contributed by atoms with Crippen LogP contribution < -0.4 is 10.1 Å². The van der Waals surface area contributed by atoms with Crippen LogP contribution in [-0.2, 0) is 151 Å². The van der Waals surface area contributed by atoms with Gasteiger partial charge in [-0.15, -0.1) is 0 Å². The van der Waals surface area contributed by atoms with E-state index in [-0.39, 0.29) is 111 Å². The van der Waals surface area contributed by atoms with Gasteiger partial charge in [0.2, 0.25) is 0 Å². The van der Waals surface area contributed by atoms with E-state index in [0.717, 1.165) is 77.9 Å². The Bertz CT molecular complexity index is 5320. The number of unbranched alkanes of at least 4 members (excludes halogenated alkanes) is 1. The van der Waals surface area contributed by atoms with Crippen LogP contribution in [-0.4, -0.2) is 155 Å². The van der Waals surface area contributed by atoms with Gasteiger partial charge in [-0.25, -0.2) is 9.59 Å². The van der Waals surface area contributed by atoms with Crippen LogP contribution in [0.3, 0.4) is 0 Å². The predicted molar refractivity (Wildman–Crippen MR) is 495 cm³/mol. The maximum Gasteiger partial charge on any atom is 0.407 e. The number of carbonyl (C=O) groups excluding carboxylic acids is 2. The van der Waals surface area contributed by atoms with Crippen molar-refractivity contribution < 1.29 is 100.0 Å². The summed E-state index contributed by atoms with van der Waals surface area (Å²) < 4.78 is 127. The number of aliphatic hydroxyl groups excluding tert-OH is 1. The molecule has 3 saturated heterocycles. The third-order valence-electron chi connectivity index (χ3n) is 23.9. The van der Waals surface area contributed by atoms with Gasteiger partial charge in [-0.2, -0.15) is 0 Å². The summed E-state index contributed by atoms with van der Waals surface area (Å²) in [4.78, 5) is 28.3. The van der Waals surface area contributed by atoms with Crippen LogP contribution in [0.2, 0.25) is 0 Å². The highest BCUT2D eigenvalue weighted by atomic mass is 16.8. The smallest absolute Gasteiger partial charge is 0.407 e. The summed E-state index contributed by atoms with van der Waals surface area (Å²) >= 11 is 0. The van der Waals surface area contributed by atoms with Crippen LogP contribution in [0.15, 0.2) is 346 Å². The van der Waals surface area contributed by atoms with E-state index in [1.807, 2.05) is 334 Å². The summed E-state index contributed by atoms with van der Waals surface area (Å²) in [5.74, 6) is -0.159. The Morgan fingerprint density at radius 1 is 0.311 bits per heavy atom. The number of fused-ring (bicyclic) bond motifs is 3. The van der Waals surface area contributed by atoms with Crippen LogP contribution in [0.4, 0.5) is 4.79 Å². The number of ether oxygens (including phenoxy) is 18. The lowest BCUT2D eigenvalue weighted by Gasteiger charge is -2.51. The lowest BCUT2D eigenvalue weighted by Crippen LogP contribution is -2.68. The third-order valence-corrected chi connectivity index (χ3v) is 23.9. The fourth-order valence-corrected chi connectivity index (χ4v) is 17.0. The molecule has 22 nitrogen and oxygen atoms in total. The lowest BCUT2D eigenvalue weighted by molar-refractivity contribution is -0.394. The van der Waals surface area contributed by atoms with Gasteiger partial charge in [0.25, 0.3) is 0 Å². The van der Waals surface area contributed by atoms with Gasteiger partial charge in [-0.05, 0) is 109 Å². The van der Waals surface area contributed by atoms with Gasteiger partial charge in [0.1, 0.15) is 98.3 Å². The third kappa shape index (κ3) is 26.5. The van der Waals surface area contributed by atoms with E-state index in [4.69, 9.17) is 85.3 Å². The van der Waals surface area contributed by atoms with E-state index in [1.165, 1.54) is 0 Å². The van der Waals surface area contributed by atoms with Gasteiger partial charge < -0.3 is 95.7 Å². The summed E-state index contributed by atoms with van der Waals surface area (Å²) in [7, 11) is 1.63. The molecule has 3 heterocycles. The zero-order valence-corrected chi connectivity index (χ0v) is 74.1. The number of carbonyl (C=O) groups is 2. The molecule has 0 unspecified atom stereocenters. The van der Waals surface area contributed by atoms with Crippen molar-refractivity contribution >= 4 is 12.1 Å². The molecule has 16 rings (SSSR count). The molecular weight excluding hydrogens is 1670 g/mol. The first kappa shape index (κ1) is 93.8. The van der Waals surface area contributed by atoms with Crippen LogP contribution in [0.1, 0.15) is 91.9 Å². The standard InChI is InChI=1S/C110H115NO21/c1-115-87-60-58-86(59-61-87)71-122-102-98(120-66-80-41-17-5-18-42-80)94(74-116-63-77-35-11-2-12-36-77)129-108(104(102)124-69-83-47-23-8-24-48-83)132-100-96(76-118-65-79-39-15-4-16-40-79)130-109(105(125-70-84-49-25-9-26-50-84)103(100)123-68-82-45-21-7-22-46-82)131-99-95(75-117-64-78-37-13-3-14-38-78)128-107(97(112)101(99)121-67-81-43-19-6-20-44-81)119-62-34-33-57-93(106(113)126-72-85-51-27-10-28-52-85)111-110(114)127-73-92-90-55-31-29-53-88(90)89-54-30-32-56-91(89)92/h2-32,35-56,58-61,92-105,107-109,112H,33-34,57,62-76H2,1H3,(H,111,114)/t93-,94+,95+,96+,97+,98-,99+,100-,101+,102-,103-,104+,105+,107+,108+,109-/m0/s1. The lowest BCUT2D eigenvalue weighted by atomic mass is 9.95. The van der Waals surface area contributed by atoms with Crippen molar-refractivity contribution in [1.29, 1.82) is 0 Å². The van der Waals surface area contributed by atoms with Gasteiger partial charge in [-0.1, -0.05) is 334 Å². The number of aliphatic hydroxyl groups is 1. The van der Waals surface area contributed by atoms with Crippen LogP contribution in [0.5, 0.6) is 5.75 Å². The number of esters is 1. The average Bonchev–Trinajstić information content (AvgIpc) is 1.24. The Balaban J connectivity index is 0.737. The number of hydrogen-bond acceptors (Lipinski definition) is 21. The predicted octanol–water partition coefficient (Wildman–Crippen LogP) is 18.3. The zero-order valence-electron chi connectivity index (χ0n) is 74.1. The molecule has 16 atom stereocenters. The molecule has 0 aromatic heterocycles. The molecule has 22 heteroatoms. The maximum atomic E-state index is 14.2. The second-order valence-electron chi connectivity index (χ2n) is 33.2. The average molecular weight is 1790 g/mol. The molecule has 132 heavy (non-hydrogen) atoms. The monoisotopic (exact) mass is 1790 g/mol. The first-order valence-electron chi connectivity index (χ1n) is 45.4. The number of amides is 1. The number of nitrogens with one attached hydrogen (secondary N) is 1. The number of benzene rings is 12. The fourth-order valence-electron chi connectivity index (χ4n) is 17.0. The fraction of sp³-hybridized carbons (Fsp3) is 0.327. The molecule has 0 spiro atoms. The molecule has 1 amide bonds. The molecule has 0 saturated carbocycles. The normalized spacial score (nSPS) is 22.5. The van der Waals surface area contributed by atoms with Gasteiger partial charge in [0, 0.05) is 12.5 Å². The molecule has 12 aromatic rings. The molecular formula is C110H115NO21. The summed E-state index contributed by atoms with van der Waals surface area (Å²) in [5.41, 5.74) is 12.9. The summed E-state index contributed by atoms with van der Waals surface area (Å²) in [6.07, 6.45) is -17.6. The topological polar surface area (TPSA) is 233 Å². The van der Waals surface area contributed by atoms with Crippen molar-refractivity contribution in [2.45, 2.75) is 189 Å². The van der Waals surface area contributed by atoms with E-state index in [0.29, 0.717) is 18.6 Å². The quantitative estimate of drug-likeness (QED) is 0.0267. The van der Waals surface area contributed by atoms with E-state index >= 15 is 0 Å². The molecule has 3 aliphatic heterocycles. The van der Waals surface area contributed by atoms with Crippen molar-refractivity contribution in [3.63, 3.8) is 0 Å². The Hall–Kier alpha value is -11.5. The Morgan fingerprint density at radius 2 is 0.629 bits per heavy atom. The summed E-state index contributed by atoms with van der Waals surface area (Å²) in [6.45, 7) is 0.848. The first-order valence-corrected chi connectivity index (χ1v) is 45.4. The zero-order chi connectivity index (χ0) is 90.1. The van der Waals surface area contributed by atoms with Crippen molar-refractivity contribution in [2.75, 3.05) is 40.1 Å². The van der Waals surface area contributed by atoms with Crippen molar-refractivity contribution in [3.8, 4) is 16.9 Å². The Kier molecular flexibility index (Phi) is 35.0. The SMILES string of the molecule is COc1ccc(CO[C@H]2[C@@H](OCc3ccccc3)[C@@H](COCc3ccccc3)O[C@H](O[C@@H]3[C@H](OCc4ccccc4)[C@@H](OCc4ccccc4)[C@H](O[C@H]4[C@H](OCc5ccccc5)[C@@H](O)[C@H](OCCCC[C@H](NC(=O)OCC5c6ccccc6-c6ccccc65)C(=O)OCc5ccccc5)O[C@@H]4COCc4ccccc4)O[C@@H]3COCc3ccccc3)[C@@H]2OCc2ccccc2)cc1. The Morgan fingerprint density at radius 3 is 1.03 bits per heavy atom. The van der Waals surface area contributed by atoms with E-state index in [2.05, 4.69) is 17.4 Å². The minimum Gasteiger partial charge on any atom is -0.497 e. The summed E-state index contributed by atoms with van der Waals surface area (Å²) in [6, 6.07) is 111. The minimum atomic E-state index is -1.56. The maximum absolute atomic E-state index is 14.2. The van der Waals surface area contributed by atoms with Gasteiger partial charge in [0.15, 0.2) is 18.9 Å². The number of methoxy groups -OCH3 is 1. The molecule has 2 N–H and O–H groups in total. The van der Waals surface area contributed by atoms with Crippen molar-refractivity contribution in [1.82, 2.24) is 5.32 Å². The molecule has 12 aromatic carbocycles. The highest BCUT2D eigenvalue weighted by Gasteiger charge is 2.57. The van der Waals surface area contributed by atoms with Crippen LogP contribution in [0, 0.1) is 0 Å². The van der Waals surface area contributed by atoms with E-state index in [9.17, 15) is 14.7 Å².